The number of carbonyl (C=O) groups excluding carboxylic acids is 3. The molecule has 3 amide bonds. The molecule has 0 spiro atoms. The highest BCUT2D eigenvalue weighted by atomic mass is 16.6. The predicted octanol–water partition coefficient (Wildman–Crippen LogP) is 4.35. The van der Waals surface area contributed by atoms with E-state index in [2.05, 4.69) is 10.6 Å². The number of alkyl carbamates (subject to hydrolysis) is 1. The number of benzene rings is 2. The number of nitrogens with one attached hydrogen (secondary N) is 2. The zero-order valence-electron chi connectivity index (χ0n) is 23.6. The minimum absolute atomic E-state index is 0.0773. The number of ether oxygens (including phenoxy) is 1. The molecule has 0 heterocycles. The van der Waals surface area contributed by atoms with E-state index in [-0.39, 0.29) is 24.5 Å². The zero-order valence-corrected chi connectivity index (χ0v) is 23.6. The van der Waals surface area contributed by atoms with Gasteiger partial charge in [-0.2, -0.15) is 0 Å². The Bertz CT molecular complexity index is 1130. The minimum Gasteiger partial charge on any atom is -0.508 e. The fourth-order valence-electron chi connectivity index (χ4n) is 3.94. The van der Waals surface area contributed by atoms with Crippen LogP contribution in [0, 0.1) is 6.92 Å². The molecule has 2 aromatic rings. The molecule has 0 radical (unpaired) electrons. The SMILES string of the molecule is CCN(C(=O)C(Cc1ccc(O)cc1)NC(=O)OC(C)(C)C)C(C(=O)NC(C)(C)C)c1ccc(O)c(C)c1. The number of likely N-dealkylation sites (N-methyl/N-ethyl adjacent to an activating group) is 1. The number of aryl methyl sites for hydroxylation is 1. The molecule has 0 aliphatic carbocycles. The van der Waals surface area contributed by atoms with Crippen molar-refractivity contribution < 1.29 is 29.3 Å². The van der Waals surface area contributed by atoms with Crippen LogP contribution in [0.3, 0.4) is 0 Å². The van der Waals surface area contributed by atoms with Gasteiger partial charge in [0.15, 0.2) is 0 Å². The molecule has 4 N–H and O–H groups in total. The number of hydrogen-bond acceptors (Lipinski definition) is 6. The third-order valence-electron chi connectivity index (χ3n) is 5.58. The van der Waals surface area contributed by atoms with Crippen LogP contribution in [0.2, 0.25) is 0 Å². The molecular formula is C29H41N3O6. The molecule has 0 aliphatic rings. The van der Waals surface area contributed by atoms with Gasteiger partial charge in [0.25, 0.3) is 0 Å². The maximum Gasteiger partial charge on any atom is 0.408 e. The Balaban J connectivity index is 2.53. The van der Waals surface area contributed by atoms with E-state index in [4.69, 9.17) is 4.74 Å². The van der Waals surface area contributed by atoms with Crippen LogP contribution in [-0.2, 0) is 20.7 Å². The van der Waals surface area contributed by atoms with E-state index in [0.29, 0.717) is 16.7 Å². The van der Waals surface area contributed by atoms with E-state index < -0.39 is 41.1 Å². The number of amides is 3. The molecule has 2 rings (SSSR count). The first kappa shape index (κ1) is 30.5. The van der Waals surface area contributed by atoms with Gasteiger partial charge in [-0.05, 0) is 96.3 Å². The first-order chi connectivity index (χ1) is 17.5. The molecule has 0 aromatic heterocycles. The average molecular weight is 528 g/mol. The second-order valence-corrected chi connectivity index (χ2v) is 11.4. The average Bonchev–Trinajstić information content (AvgIpc) is 2.77. The number of rotatable bonds is 8. The molecule has 2 aromatic carbocycles. The van der Waals surface area contributed by atoms with Gasteiger partial charge in [0.05, 0.1) is 0 Å². The number of phenolic OH excluding ortho intramolecular Hbond substituents is 2. The molecule has 0 aliphatic heterocycles. The Kier molecular flexibility index (Phi) is 9.78. The van der Waals surface area contributed by atoms with Crippen LogP contribution in [0.5, 0.6) is 11.5 Å². The summed E-state index contributed by atoms with van der Waals surface area (Å²) in [6, 6.07) is 9.03. The van der Waals surface area contributed by atoms with Crippen molar-refractivity contribution >= 4 is 17.9 Å². The Hall–Kier alpha value is -3.75. The lowest BCUT2D eigenvalue weighted by molar-refractivity contribution is -0.142. The third kappa shape index (κ3) is 8.97. The number of carbonyl (C=O) groups is 3. The molecule has 0 fully saturated rings. The highest BCUT2D eigenvalue weighted by molar-refractivity contribution is 5.92. The van der Waals surface area contributed by atoms with E-state index in [1.165, 1.54) is 23.1 Å². The second-order valence-electron chi connectivity index (χ2n) is 11.4. The van der Waals surface area contributed by atoms with Crippen LogP contribution in [0.1, 0.15) is 71.2 Å². The highest BCUT2D eigenvalue weighted by Crippen LogP contribution is 2.28. The molecule has 9 heteroatoms. The number of hydrogen-bond donors (Lipinski definition) is 4. The smallest absolute Gasteiger partial charge is 0.408 e. The van der Waals surface area contributed by atoms with Gasteiger partial charge in [0, 0.05) is 18.5 Å². The Morgan fingerprint density at radius 3 is 2.08 bits per heavy atom. The van der Waals surface area contributed by atoms with Gasteiger partial charge in [0.1, 0.15) is 29.2 Å². The van der Waals surface area contributed by atoms with Gasteiger partial charge < -0.3 is 30.5 Å². The maximum atomic E-state index is 14.1. The van der Waals surface area contributed by atoms with Crippen LogP contribution in [0.25, 0.3) is 0 Å². The van der Waals surface area contributed by atoms with Crippen molar-refractivity contribution in [1.29, 1.82) is 0 Å². The summed E-state index contributed by atoms with van der Waals surface area (Å²) < 4.78 is 5.41. The summed E-state index contributed by atoms with van der Waals surface area (Å²) in [6.07, 6.45) is -0.654. The van der Waals surface area contributed by atoms with E-state index >= 15 is 0 Å². The second kappa shape index (κ2) is 12.2. The maximum absolute atomic E-state index is 14.1. The van der Waals surface area contributed by atoms with Gasteiger partial charge in [-0.25, -0.2) is 4.79 Å². The van der Waals surface area contributed by atoms with Crippen molar-refractivity contribution in [2.75, 3.05) is 6.54 Å². The standard InChI is InChI=1S/C29H41N3O6/c1-9-32(24(25(35)31-28(3,4)5)20-12-15-23(34)18(2)16-20)26(36)22(30-27(37)38-29(6,7)8)17-19-10-13-21(33)14-11-19/h10-16,22,24,33-34H,9,17H2,1-8H3,(H,30,37)(H,31,35). The molecule has 0 saturated heterocycles. The zero-order chi connectivity index (χ0) is 28.8. The van der Waals surface area contributed by atoms with Crippen molar-refractivity contribution in [3.8, 4) is 11.5 Å². The largest absolute Gasteiger partial charge is 0.508 e. The van der Waals surface area contributed by atoms with Crippen molar-refractivity contribution in [3.05, 3.63) is 59.2 Å². The van der Waals surface area contributed by atoms with Gasteiger partial charge >= 0.3 is 6.09 Å². The number of nitrogens with zero attached hydrogens (tertiary/aromatic N) is 1. The summed E-state index contributed by atoms with van der Waals surface area (Å²) in [7, 11) is 0. The summed E-state index contributed by atoms with van der Waals surface area (Å²) in [5.74, 6) is -0.715. The minimum atomic E-state index is -1.06. The highest BCUT2D eigenvalue weighted by Gasteiger charge is 2.36. The van der Waals surface area contributed by atoms with Gasteiger partial charge in [-0.1, -0.05) is 18.2 Å². The summed E-state index contributed by atoms with van der Waals surface area (Å²) >= 11 is 0. The van der Waals surface area contributed by atoms with Gasteiger partial charge in [0.2, 0.25) is 11.8 Å². The molecule has 38 heavy (non-hydrogen) atoms. The number of phenols is 2. The van der Waals surface area contributed by atoms with Crippen LogP contribution in [-0.4, -0.2) is 56.7 Å². The lowest BCUT2D eigenvalue weighted by Crippen LogP contribution is -2.55. The summed E-state index contributed by atoms with van der Waals surface area (Å²) in [5.41, 5.74) is 0.443. The third-order valence-corrected chi connectivity index (χ3v) is 5.58. The molecular weight excluding hydrogens is 486 g/mol. The Labute approximate surface area is 225 Å². The van der Waals surface area contributed by atoms with Crippen molar-refractivity contribution in [2.24, 2.45) is 0 Å². The number of aromatic hydroxyl groups is 2. The summed E-state index contributed by atoms with van der Waals surface area (Å²) in [4.78, 5) is 41.8. The molecule has 0 saturated carbocycles. The van der Waals surface area contributed by atoms with E-state index in [1.54, 1.807) is 58.9 Å². The molecule has 208 valence electrons. The normalized spacial score (nSPS) is 13.3. The van der Waals surface area contributed by atoms with Crippen molar-refractivity contribution in [3.63, 3.8) is 0 Å². The first-order valence-corrected chi connectivity index (χ1v) is 12.7. The summed E-state index contributed by atoms with van der Waals surface area (Å²) in [5, 5.41) is 25.4. The van der Waals surface area contributed by atoms with E-state index in [9.17, 15) is 24.6 Å². The lowest BCUT2D eigenvalue weighted by Gasteiger charge is -2.35. The predicted molar refractivity (Wildman–Crippen MR) is 146 cm³/mol. The Morgan fingerprint density at radius 2 is 1.58 bits per heavy atom. The van der Waals surface area contributed by atoms with E-state index in [1.807, 2.05) is 20.8 Å². The first-order valence-electron chi connectivity index (χ1n) is 12.7. The van der Waals surface area contributed by atoms with Crippen LogP contribution in [0.15, 0.2) is 42.5 Å². The fraction of sp³-hybridized carbons (Fsp3) is 0.483. The molecule has 2 atom stereocenters. The molecule has 0 bridgehead atoms. The van der Waals surface area contributed by atoms with Gasteiger partial charge in [-0.15, -0.1) is 0 Å². The Morgan fingerprint density at radius 1 is 0.974 bits per heavy atom. The van der Waals surface area contributed by atoms with Crippen LogP contribution < -0.4 is 10.6 Å². The topological polar surface area (TPSA) is 128 Å². The van der Waals surface area contributed by atoms with Crippen LogP contribution >= 0.6 is 0 Å². The fourth-order valence-corrected chi connectivity index (χ4v) is 3.94. The quantitative estimate of drug-likeness (QED) is 0.404. The monoisotopic (exact) mass is 527 g/mol. The summed E-state index contributed by atoms with van der Waals surface area (Å²) in [6.45, 7) is 14.4. The molecule has 9 nitrogen and oxygen atoms in total. The van der Waals surface area contributed by atoms with Crippen LogP contribution in [0.4, 0.5) is 4.79 Å². The van der Waals surface area contributed by atoms with Crippen molar-refractivity contribution in [2.45, 2.75) is 85.0 Å². The lowest BCUT2D eigenvalue weighted by atomic mass is 9.97. The van der Waals surface area contributed by atoms with Gasteiger partial charge in [-0.3, -0.25) is 9.59 Å². The van der Waals surface area contributed by atoms with E-state index in [0.717, 1.165) is 0 Å². The molecule has 2 unspecified atom stereocenters. The van der Waals surface area contributed by atoms with Crippen molar-refractivity contribution in [1.82, 2.24) is 15.5 Å².